The maximum atomic E-state index is 12.0. The largest absolute Gasteiger partial charge is 0.499 e. The zero-order valence-corrected chi connectivity index (χ0v) is 15.3. The second-order valence-corrected chi connectivity index (χ2v) is 5.91. The molecular formula is C20H21N3O4. The minimum Gasteiger partial charge on any atom is -0.499 e. The lowest BCUT2D eigenvalue weighted by molar-refractivity contribution is -0.139. The first-order valence-corrected chi connectivity index (χ1v) is 8.36. The van der Waals surface area contributed by atoms with Crippen LogP contribution < -0.4 is 10.6 Å². The monoisotopic (exact) mass is 367 g/mol. The van der Waals surface area contributed by atoms with Crippen molar-refractivity contribution in [1.82, 2.24) is 10.3 Å². The summed E-state index contributed by atoms with van der Waals surface area (Å²) in [6.45, 7) is 1.76. The topological polar surface area (TPSA) is 92.7 Å². The number of benzene rings is 1. The van der Waals surface area contributed by atoms with Gasteiger partial charge in [0, 0.05) is 23.6 Å². The molecule has 0 amide bonds. The molecule has 1 aliphatic rings. The molecular weight excluding hydrogens is 346 g/mol. The second-order valence-electron chi connectivity index (χ2n) is 5.91. The van der Waals surface area contributed by atoms with E-state index in [2.05, 4.69) is 15.6 Å². The number of nitrogens with one attached hydrogen (secondary N) is 2. The fraction of sp³-hybridized carbons (Fsp3) is 0.200. The molecule has 1 aromatic carbocycles. The third kappa shape index (κ3) is 3.57. The normalized spacial score (nSPS) is 18.0. The average Bonchev–Trinajstić information content (AvgIpc) is 2.82. The van der Waals surface area contributed by atoms with Gasteiger partial charge in [0.2, 0.25) is 0 Å². The molecule has 3 rings (SSSR count). The molecule has 0 bridgehead atoms. The van der Waals surface area contributed by atoms with Crippen LogP contribution in [0.15, 0.2) is 65.9 Å². The third-order valence-corrected chi connectivity index (χ3v) is 4.34. The van der Waals surface area contributed by atoms with Gasteiger partial charge in [0.05, 0.1) is 14.2 Å². The Hall–Kier alpha value is -3.48. The summed E-state index contributed by atoms with van der Waals surface area (Å²) in [6, 6.07) is 9.93. The Morgan fingerprint density at radius 1 is 1.19 bits per heavy atom. The number of hydrogen-bond acceptors (Lipinski definition) is 6. The van der Waals surface area contributed by atoms with Crippen LogP contribution in [0, 0.1) is 0 Å². The van der Waals surface area contributed by atoms with Gasteiger partial charge in [-0.05, 0) is 24.6 Å². The summed E-state index contributed by atoms with van der Waals surface area (Å²) in [7, 11) is 3.09. The molecule has 0 radical (unpaired) electrons. The Kier molecular flexibility index (Phi) is 5.30. The van der Waals surface area contributed by atoms with E-state index in [0.29, 0.717) is 34.0 Å². The number of rotatable bonds is 5. The van der Waals surface area contributed by atoms with Crippen molar-refractivity contribution in [2.75, 3.05) is 19.5 Å². The van der Waals surface area contributed by atoms with Crippen molar-refractivity contribution in [2.24, 2.45) is 0 Å². The van der Waals surface area contributed by atoms with Gasteiger partial charge in [-0.2, -0.15) is 0 Å². The Labute approximate surface area is 157 Å². The zero-order chi connectivity index (χ0) is 19.4. The summed E-state index contributed by atoms with van der Waals surface area (Å²) in [5.74, 6) is 0.0506. The molecule has 0 aliphatic carbocycles. The summed E-state index contributed by atoms with van der Waals surface area (Å²) in [6.07, 6.45) is 3.33. The van der Waals surface area contributed by atoms with Crippen molar-refractivity contribution >= 4 is 17.4 Å². The number of allylic oxidation sites excluding steroid dienone is 1. The molecule has 0 saturated heterocycles. The van der Waals surface area contributed by atoms with Crippen LogP contribution in [-0.4, -0.2) is 30.3 Å². The fourth-order valence-corrected chi connectivity index (χ4v) is 2.98. The van der Waals surface area contributed by atoms with Crippen LogP contribution in [0.1, 0.15) is 24.1 Å². The molecule has 2 heterocycles. The van der Waals surface area contributed by atoms with E-state index in [1.165, 1.54) is 7.11 Å². The van der Waals surface area contributed by atoms with Crippen molar-refractivity contribution in [3.63, 3.8) is 0 Å². The summed E-state index contributed by atoms with van der Waals surface area (Å²) in [5, 5.41) is 16.2. The van der Waals surface area contributed by atoms with Crippen LogP contribution in [0.2, 0.25) is 0 Å². The van der Waals surface area contributed by atoms with Gasteiger partial charge in [0.15, 0.2) is 11.8 Å². The number of aliphatic carboxylic acids is 1. The number of nitrogens with zero attached hydrogens (tertiary/aromatic N) is 1. The Bertz CT molecular complexity index is 906. The van der Waals surface area contributed by atoms with Crippen molar-refractivity contribution in [1.29, 1.82) is 0 Å². The lowest BCUT2D eigenvalue weighted by atomic mass is 9.99. The second kappa shape index (κ2) is 7.82. The van der Waals surface area contributed by atoms with Crippen molar-refractivity contribution in [3.8, 4) is 0 Å². The first-order valence-electron chi connectivity index (χ1n) is 8.36. The molecule has 1 aromatic heterocycles. The number of fused-ring (bicyclic) bond motifs is 1. The van der Waals surface area contributed by atoms with E-state index in [1.807, 2.05) is 24.3 Å². The van der Waals surface area contributed by atoms with Crippen LogP contribution in [0.5, 0.6) is 0 Å². The Morgan fingerprint density at radius 2 is 1.89 bits per heavy atom. The lowest BCUT2D eigenvalue weighted by Gasteiger charge is -2.21. The molecule has 7 heteroatoms. The van der Waals surface area contributed by atoms with E-state index in [-0.39, 0.29) is 0 Å². The van der Waals surface area contributed by atoms with E-state index in [1.54, 1.807) is 38.6 Å². The standard InChI is InChI=1S/C20H21N3O4/c1-12(26-2)16-18(22-13-8-10-21-11-9-13)19(27-3)15-7-5-4-6-14(15)17(23-16)20(24)25/h4-11,17,23H,1-3H3,(H,21,22)(H,24,25)/b16-12-. The zero-order valence-electron chi connectivity index (χ0n) is 15.3. The van der Waals surface area contributed by atoms with Gasteiger partial charge < -0.3 is 25.2 Å². The quantitative estimate of drug-likeness (QED) is 0.699. The summed E-state index contributed by atoms with van der Waals surface area (Å²) in [5.41, 5.74) is 3.17. The molecule has 1 aliphatic heterocycles. The van der Waals surface area contributed by atoms with E-state index in [9.17, 15) is 9.90 Å². The molecule has 2 aromatic rings. The number of methoxy groups -OCH3 is 2. The van der Waals surface area contributed by atoms with Gasteiger partial charge in [0.25, 0.3) is 0 Å². The van der Waals surface area contributed by atoms with E-state index in [0.717, 1.165) is 5.69 Å². The van der Waals surface area contributed by atoms with E-state index in [4.69, 9.17) is 9.47 Å². The SMILES string of the molecule is COC1=C(Nc2ccncc2)/C(=C(\C)OC)NC(C(=O)O)c2ccccc21. The van der Waals surface area contributed by atoms with Crippen LogP contribution in [0.25, 0.3) is 5.76 Å². The molecule has 0 spiro atoms. The van der Waals surface area contributed by atoms with Gasteiger partial charge >= 0.3 is 5.97 Å². The maximum absolute atomic E-state index is 12.0. The molecule has 1 unspecified atom stereocenters. The van der Waals surface area contributed by atoms with Crippen LogP contribution in [-0.2, 0) is 14.3 Å². The number of anilines is 1. The molecule has 0 saturated carbocycles. The van der Waals surface area contributed by atoms with Gasteiger partial charge in [-0.3, -0.25) is 4.98 Å². The van der Waals surface area contributed by atoms with Crippen molar-refractivity contribution < 1.29 is 19.4 Å². The molecule has 3 N–H and O–H groups in total. The fourth-order valence-electron chi connectivity index (χ4n) is 2.98. The predicted octanol–water partition coefficient (Wildman–Crippen LogP) is 3.12. The number of carbonyl (C=O) groups is 1. The van der Waals surface area contributed by atoms with E-state index < -0.39 is 12.0 Å². The maximum Gasteiger partial charge on any atom is 0.330 e. The first kappa shape index (κ1) is 18.3. The Morgan fingerprint density at radius 3 is 2.52 bits per heavy atom. The molecule has 7 nitrogen and oxygen atoms in total. The number of hydrogen-bond donors (Lipinski definition) is 3. The minimum absolute atomic E-state index is 0.509. The molecule has 1 atom stereocenters. The molecule has 0 fully saturated rings. The number of ether oxygens (including phenoxy) is 2. The van der Waals surface area contributed by atoms with Gasteiger partial charge in [-0.1, -0.05) is 24.3 Å². The highest BCUT2D eigenvalue weighted by atomic mass is 16.5. The predicted molar refractivity (Wildman–Crippen MR) is 101 cm³/mol. The Balaban J connectivity index is 2.27. The van der Waals surface area contributed by atoms with Crippen LogP contribution in [0.3, 0.4) is 0 Å². The first-order chi connectivity index (χ1) is 13.1. The number of carboxylic acids is 1. The highest BCUT2D eigenvalue weighted by molar-refractivity contribution is 5.83. The highest BCUT2D eigenvalue weighted by Crippen LogP contribution is 2.36. The number of aromatic nitrogens is 1. The van der Waals surface area contributed by atoms with Gasteiger partial charge in [-0.15, -0.1) is 0 Å². The summed E-state index contributed by atoms with van der Waals surface area (Å²) >= 11 is 0. The number of pyridine rings is 1. The molecule has 140 valence electrons. The number of carboxylic acid groups (broad SMARTS) is 1. The lowest BCUT2D eigenvalue weighted by Crippen LogP contribution is -2.30. The van der Waals surface area contributed by atoms with Gasteiger partial charge in [-0.25, -0.2) is 4.79 Å². The molecule has 27 heavy (non-hydrogen) atoms. The summed E-state index contributed by atoms with van der Waals surface area (Å²) < 4.78 is 11.1. The van der Waals surface area contributed by atoms with Gasteiger partial charge in [0.1, 0.15) is 17.2 Å². The van der Waals surface area contributed by atoms with E-state index >= 15 is 0 Å². The average molecular weight is 367 g/mol. The summed E-state index contributed by atoms with van der Waals surface area (Å²) in [4.78, 5) is 16.0. The van der Waals surface area contributed by atoms with Crippen molar-refractivity contribution in [3.05, 3.63) is 77.1 Å². The third-order valence-electron chi connectivity index (χ3n) is 4.34. The minimum atomic E-state index is -0.996. The van der Waals surface area contributed by atoms with Crippen LogP contribution >= 0.6 is 0 Å². The highest BCUT2D eigenvalue weighted by Gasteiger charge is 2.32. The van der Waals surface area contributed by atoms with Crippen molar-refractivity contribution in [2.45, 2.75) is 13.0 Å². The van der Waals surface area contributed by atoms with Crippen LogP contribution in [0.4, 0.5) is 5.69 Å². The smallest absolute Gasteiger partial charge is 0.330 e.